The van der Waals surface area contributed by atoms with Gasteiger partial charge in [-0.2, -0.15) is 0 Å². The molecule has 0 N–H and O–H groups in total. The fourth-order valence-electron chi connectivity index (χ4n) is 5.34. The van der Waals surface area contributed by atoms with Crippen molar-refractivity contribution in [2.45, 2.75) is 77.1 Å². The Labute approximate surface area is 233 Å². The van der Waals surface area contributed by atoms with E-state index in [1.165, 1.54) is 34.9 Å². The van der Waals surface area contributed by atoms with E-state index in [0.29, 0.717) is 13.0 Å². The van der Waals surface area contributed by atoms with Gasteiger partial charge < -0.3 is 18.6 Å². The number of carbonyl (C=O) groups is 1. The van der Waals surface area contributed by atoms with Crippen LogP contribution in [-0.2, 0) is 16.0 Å². The van der Waals surface area contributed by atoms with E-state index in [-0.39, 0.29) is 23.0 Å². The average molecular weight is 545 g/mol. The lowest BCUT2D eigenvalue weighted by Crippen LogP contribution is -2.43. The van der Waals surface area contributed by atoms with Gasteiger partial charge in [0.1, 0.15) is 23.4 Å². The summed E-state index contributed by atoms with van der Waals surface area (Å²) in [6, 6.07) is 19.0. The zero-order valence-electron chi connectivity index (χ0n) is 24.2. The molecule has 0 amide bonds. The molecular weight excluding hydrogens is 504 g/mol. The van der Waals surface area contributed by atoms with Crippen molar-refractivity contribution in [3.05, 3.63) is 76.9 Å². The number of fused-ring (bicyclic) bond motifs is 2. The van der Waals surface area contributed by atoms with Crippen molar-refractivity contribution in [3.8, 4) is 28.4 Å². The molecule has 0 saturated heterocycles. The summed E-state index contributed by atoms with van der Waals surface area (Å²) in [5.41, 5.74) is 7.37. The van der Waals surface area contributed by atoms with E-state index in [1.807, 2.05) is 18.2 Å². The molecule has 2 unspecified atom stereocenters. The second kappa shape index (κ2) is 10.4. The number of ether oxygens (including phenoxy) is 3. The number of methoxy groups -OCH3 is 1. The standard InChI is InChI=1S/C33H40O5Si/c1-21-11-12-24(38-39(6,7)33(2,3)4)18-29(21)26-9-8-10-28-27(26)15-16-30(28)37-23-13-14-25-22(17-32(34)35-5)20-36-31(25)19-23/h8-14,18-19,22,30H,15-17,20H2,1-7H3. The van der Waals surface area contributed by atoms with Crippen molar-refractivity contribution in [2.75, 3.05) is 13.7 Å². The first-order valence-electron chi connectivity index (χ1n) is 13.9. The Kier molecular flexibility index (Phi) is 7.27. The average Bonchev–Trinajstić information content (AvgIpc) is 3.48. The lowest BCUT2D eigenvalue weighted by Gasteiger charge is -2.36. The predicted octanol–water partition coefficient (Wildman–Crippen LogP) is 8.15. The Hall–Kier alpha value is -3.25. The molecule has 1 heterocycles. The molecule has 3 aromatic rings. The van der Waals surface area contributed by atoms with Gasteiger partial charge in [0.15, 0.2) is 0 Å². The summed E-state index contributed by atoms with van der Waals surface area (Å²) in [4.78, 5) is 11.8. The van der Waals surface area contributed by atoms with Crippen LogP contribution in [0.5, 0.6) is 17.2 Å². The quantitative estimate of drug-likeness (QED) is 0.222. The zero-order valence-corrected chi connectivity index (χ0v) is 25.2. The van der Waals surface area contributed by atoms with Gasteiger partial charge in [-0.25, -0.2) is 0 Å². The number of rotatable bonds is 7. The Morgan fingerprint density at radius 3 is 2.51 bits per heavy atom. The Balaban J connectivity index is 1.38. The fraction of sp³-hybridized carbons (Fsp3) is 0.424. The topological polar surface area (TPSA) is 54.0 Å². The number of carbonyl (C=O) groups excluding carboxylic acids is 1. The van der Waals surface area contributed by atoms with Crippen LogP contribution in [0.2, 0.25) is 18.1 Å². The van der Waals surface area contributed by atoms with Crippen molar-refractivity contribution in [3.63, 3.8) is 0 Å². The van der Waals surface area contributed by atoms with Gasteiger partial charge in [0.05, 0.1) is 20.1 Å². The van der Waals surface area contributed by atoms with E-state index in [2.05, 4.69) is 77.2 Å². The molecule has 2 atom stereocenters. The maximum absolute atomic E-state index is 11.8. The molecule has 0 radical (unpaired) electrons. The van der Waals surface area contributed by atoms with Gasteiger partial charge in [-0.3, -0.25) is 4.79 Å². The van der Waals surface area contributed by atoms with Crippen molar-refractivity contribution < 1.29 is 23.4 Å². The minimum atomic E-state index is -1.94. The summed E-state index contributed by atoms with van der Waals surface area (Å²) in [5.74, 6) is 2.34. The summed E-state index contributed by atoms with van der Waals surface area (Å²) in [5, 5.41) is 0.140. The SMILES string of the molecule is COC(=O)CC1COc2cc(OC3CCc4c(-c5cc(O[Si](C)(C)C(C)(C)C)ccc5C)cccc43)ccc21. The number of hydrogen-bond acceptors (Lipinski definition) is 5. The van der Waals surface area contributed by atoms with Gasteiger partial charge in [-0.05, 0) is 83.9 Å². The fourth-order valence-corrected chi connectivity index (χ4v) is 6.36. The third-order valence-electron chi connectivity index (χ3n) is 8.68. The maximum Gasteiger partial charge on any atom is 0.306 e. The van der Waals surface area contributed by atoms with Crippen LogP contribution in [0.25, 0.3) is 11.1 Å². The summed E-state index contributed by atoms with van der Waals surface area (Å²) < 4.78 is 23.9. The molecule has 3 aromatic carbocycles. The molecule has 1 aliphatic carbocycles. The number of esters is 1. The molecular formula is C33H40O5Si. The second-order valence-corrected chi connectivity index (χ2v) is 17.1. The van der Waals surface area contributed by atoms with Gasteiger partial charge >= 0.3 is 5.97 Å². The van der Waals surface area contributed by atoms with Gasteiger partial charge in [0.25, 0.3) is 0 Å². The highest BCUT2D eigenvalue weighted by molar-refractivity contribution is 6.74. The third-order valence-corrected chi connectivity index (χ3v) is 13.0. The largest absolute Gasteiger partial charge is 0.543 e. The normalized spacial score (nSPS) is 18.2. The van der Waals surface area contributed by atoms with E-state index < -0.39 is 8.32 Å². The van der Waals surface area contributed by atoms with E-state index in [1.54, 1.807) is 0 Å². The van der Waals surface area contributed by atoms with Crippen LogP contribution in [0.15, 0.2) is 54.6 Å². The molecule has 6 heteroatoms. The summed E-state index contributed by atoms with van der Waals surface area (Å²) in [6.07, 6.45) is 2.20. The van der Waals surface area contributed by atoms with Crippen molar-refractivity contribution >= 4 is 14.3 Å². The third kappa shape index (κ3) is 5.44. The first kappa shape index (κ1) is 27.3. The van der Waals surface area contributed by atoms with Gasteiger partial charge in [-0.15, -0.1) is 0 Å². The second-order valence-electron chi connectivity index (χ2n) is 12.3. The summed E-state index contributed by atoms with van der Waals surface area (Å²) in [6.45, 7) is 14.0. The lowest BCUT2D eigenvalue weighted by atomic mass is 9.93. The van der Waals surface area contributed by atoms with Crippen LogP contribution in [0.3, 0.4) is 0 Å². The van der Waals surface area contributed by atoms with E-state index in [4.69, 9.17) is 18.6 Å². The smallest absolute Gasteiger partial charge is 0.306 e. The first-order chi connectivity index (χ1) is 18.5. The molecule has 2 aliphatic rings. The number of benzene rings is 3. The zero-order chi connectivity index (χ0) is 27.9. The van der Waals surface area contributed by atoms with Crippen LogP contribution in [0.4, 0.5) is 0 Å². The minimum absolute atomic E-state index is 0.0164. The van der Waals surface area contributed by atoms with Crippen LogP contribution in [0.1, 0.15) is 67.9 Å². The molecule has 5 nitrogen and oxygen atoms in total. The molecule has 5 rings (SSSR count). The first-order valence-corrected chi connectivity index (χ1v) is 16.8. The summed E-state index contributed by atoms with van der Waals surface area (Å²) >= 11 is 0. The van der Waals surface area contributed by atoms with Crippen molar-refractivity contribution in [1.82, 2.24) is 0 Å². The predicted molar refractivity (Wildman–Crippen MR) is 157 cm³/mol. The Morgan fingerprint density at radius 1 is 1.00 bits per heavy atom. The molecule has 0 fully saturated rings. The van der Waals surface area contributed by atoms with Crippen LogP contribution in [0, 0.1) is 6.92 Å². The molecule has 1 aliphatic heterocycles. The highest BCUT2D eigenvalue weighted by Gasteiger charge is 2.39. The van der Waals surface area contributed by atoms with Crippen molar-refractivity contribution in [1.29, 1.82) is 0 Å². The Bertz CT molecular complexity index is 1390. The van der Waals surface area contributed by atoms with Gasteiger partial charge in [-0.1, -0.05) is 51.1 Å². The van der Waals surface area contributed by atoms with Gasteiger partial charge in [0, 0.05) is 17.5 Å². The monoisotopic (exact) mass is 544 g/mol. The molecule has 0 bridgehead atoms. The highest BCUT2D eigenvalue weighted by atomic mass is 28.4. The van der Waals surface area contributed by atoms with Gasteiger partial charge in [0.2, 0.25) is 8.32 Å². The van der Waals surface area contributed by atoms with E-state index in [0.717, 1.165) is 35.7 Å². The highest BCUT2D eigenvalue weighted by Crippen LogP contribution is 2.44. The van der Waals surface area contributed by atoms with E-state index >= 15 is 0 Å². The van der Waals surface area contributed by atoms with Crippen LogP contribution < -0.4 is 13.9 Å². The lowest BCUT2D eigenvalue weighted by molar-refractivity contribution is -0.141. The minimum Gasteiger partial charge on any atom is -0.543 e. The molecule has 0 saturated carbocycles. The van der Waals surface area contributed by atoms with Crippen LogP contribution in [-0.4, -0.2) is 28.0 Å². The van der Waals surface area contributed by atoms with E-state index in [9.17, 15) is 4.79 Å². The number of aryl methyl sites for hydroxylation is 1. The Morgan fingerprint density at radius 2 is 1.77 bits per heavy atom. The summed E-state index contributed by atoms with van der Waals surface area (Å²) in [7, 11) is -0.518. The molecule has 0 spiro atoms. The maximum atomic E-state index is 11.8. The molecule has 39 heavy (non-hydrogen) atoms. The molecule has 0 aromatic heterocycles. The molecule has 206 valence electrons. The van der Waals surface area contributed by atoms with Crippen molar-refractivity contribution in [2.24, 2.45) is 0 Å². The van der Waals surface area contributed by atoms with Crippen LogP contribution >= 0.6 is 0 Å². The number of hydrogen-bond donors (Lipinski definition) is 0.